The summed E-state index contributed by atoms with van der Waals surface area (Å²) in [6.07, 6.45) is 3.28. The Morgan fingerprint density at radius 1 is 0.968 bits per heavy atom. The van der Waals surface area contributed by atoms with Crippen LogP contribution in [0.3, 0.4) is 0 Å². The minimum absolute atomic E-state index is 0.0236. The minimum atomic E-state index is -0.474. The second-order valence-electron chi connectivity index (χ2n) is 7.41. The summed E-state index contributed by atoms with van der Waals surface area (Å²) in [5.74, 6) is 0.268. The molecule has 3 aromatic carbocycles. The lowest BCUT2D eigenvalue weighted by Crippen LogP contribution is -2.08. The summed E-state index contributed by atoms with van der Waals surface area (Å²) in [6.45, 7) is 2.78. The van der Waals surface area contributed by atoms with Crippen molar-refractivity contribution in [3.63, 3.8) is 0 Å². The lowest BCUT2D eigenvalue weighted by atomic mass is 10.0. The maximum absolute atomic E-state index is 12.5. The van der Waals surface area contributed by atoms with Gasteiger partial charge in [0, 0.05) is 17.0 Å². The van der Waals surface area contributed by atoms with Gasteiger partial charge in [-0.15, -0.1) is 0 Å². The van der Waals surface area contributed by atoms with Gasteiger partial charge in [-0.1, -0.05) is 50.1 Å². The van der Waals surface area contributed by atoms with Crippen LogP contribution in [-0.4, -0.2) is 12.6 Å². The molecule has 1 aromatic heterocycles. The molecule has 0 amide bonds. The van der Waals surface area contributed by atoms with Crippen LogP contribution >= 0.6 is 0 Å². The van der Waals surface area contributed by atoms with Crippen molar-refractivity contribution >= 4 is 27.7 Å². The lowest BCUT2D eigenvalue weighted by Gasteiger charge is -2.10. The SMILES string of the molecule is CCCCCOc1ccc(C(=O)OCc2cc(=O)oc3ccc4ccccc4c23)cc1. The van der Waals surface area contributed by atoms with Gasteiger partial charge in [-0.05, 0) is 47.5 Å². The molecule has 0 radical (unpaired) electrons. The van der Waals surface area contributed by atoms with Gasteiger partial charge in [0.1, 0.15) is 17.9 Å². The predicted molar refractivity (Wildman–Crippen MR) is 121 cm³/mol. The molecule has 0 aliphatic heterocycles. The molecule has 0 N–H and O–H groups in total. The number of benzene rings is 3. The van der Waals surface area contributed by atoms with Gasteiger partial charge in [0.2, 0.25) is 0 Å². The van der Waals surface area contributed by atoms with E-state index in [0.717, 1.165) is 41.2 Å². The van der Waals surface area contributed by atoms with Crippen molar-refractivity contribution in [1.82, 2.24) is 0 Å². The summed E-state index contributed by atoms with van der Waals surface area (Å²) in [5, 5.41) is 2.74. The molecular formula is C26H24O5. The number of fused-ring (bicyclic) bond motifs is 3. The molecule has 158 valence electrons. The van der Waals surface area contributed by atoms with Gasteiger partial charge in [-0.25, -0.2) is 9.59 Å². The predicted octanol–water partition coefficient (Wildman–Crippen LogP) is 5.87. The van der Waals surface area contributed by atoms with Crippen molar-refractivity contribution in [3.05, 3.63) is 88.3 Å². The molecule has 5 heteroatoms. The fourth-order valence-electron chi connectivity index (χ4n) is 3.59. The fourth-order valence-corrected chi connectivity index (χ4v) is 3.59. The normalized spacial score (nSPS) is 11.0. The maximum atomic E-state index is 12.5. The van der Waals surface area contributed by atoms with Crippen LogP contribution in [0, 0.1) is 0 Å². The Balaban J connectivity index is 1.50. The lowest BCUT2D eigenvalue weighted by molar-refractivity contribution is 0.0474. The third-order valence-electron chi connectivity index (χ3n) is 5.18. The van der Waals surface area contributed by atoms with Gasteiger partial charge in [0.15, 0.2) is 0 Å². The van der Waals surface area contributed by atoms with Crippen LogP contribution in [0.25, 0.3) is 21.7 Å². The summed E-state index contributed by atoms with van der Waals surface area (Å²) in [5.41, 5.74) is 1.05. The van der Waals surface area contributed by atoms with E-state index in [1.807, 2.05) is 30.3 Å². The van der Waals surface area contributed by atoms with Crippen LogP contribution < -0.4 is 10.4 Å². The third-order valence-corrected chi connectivity index (χ3v) is 5.18. The first kappa shape index (κ1) is 20.7. The number of unbranched alkanes of at least 4 members (excludes halogenated alkanes) is 2. The van der Waals surface area contributed by atoms with E-state index in [4.69, 9.17) is 13.9 Å². The zero-order chi connectivity index (χ0) is 21.6. The van der Waals surface area contributed by atoms with E-state index in [1.165, 1.54) is 6.07 Å². The fraction of sp³-hybridized carbons (Fsp3) is 0.231. The van der Waals surface area contributed by atoms with E-state index in [9.17, 15) is 9.59 Å². The topological polar surface area (TPSA) is 65.7 Å². The van der Waals surface area contributed by atoms with Crippen LogP contribution in [0.5, 0.6) is 5.75 Å². The van der Waals surface area contributed by atoms with Crippen molar-refractivity contribution in [3.8, 4) is 5.75 Å². The van der Waals surface area contributed by atoms with Crippen LogP contribution in [-0.2, 0) is 11.3 Å². The highest BCUT2D eigenvalue weighted by Gasteiger charge is 2.13. The summed E-state index contributed by atoms with van der Waals surface area (Å²) in [4.78, 5) is 24.5. The van der Waals surface area contributed by atoms with Crippen LogP contribution in [0.2, 0.25) is 0 Å². The smallest absolute Gasteiger partial charge is 0.338 e. The minimum Gasteiger partial charge on any atom is -0.494 e. The van der Waals surface area contributed by atoms with Crippen molar-refractivity contribution in [2.75, 3.05) is 6.61 Å². The first-order chi connectivity index (χ1) is 15.2. The standard InChI is InChI=1S/C26H24O5/c1-2-3-6-15-29-21-12-9-19(10-13-21)26(28)30-17-20-16-24(27)31-23-14-11-18-7-4-5-8-22(18)25(20)23/h4-5,7-14,16H,2-3,6,15,17H2,1H3. The van der Waals surface area contributed by atoms with Crippen molar-refractivity contribution in [1.29, 1.82) is 0 Å². The second kappa shape index (κ2) is 9.47. The summed E-state index contributed by atoms with van der Waals surface area (Å²) in [6, 6.07) is 19.8. The largest absolute Gasteiger partial charge is 0.494 e. The highest BCUT2D eigenvalue weighted by Crippen LogP contribution is 2.28. The van der Waals surface area contributed by atoms with Gasteiger partial charge < -0.3 is 13.9 Å². The van der Waals surface area contributed by atoms with Crippen LogP contribution in [0.1, 0.15) is 42.1 Å². The van der Waals surface area contributed by atoms with Gasteiger partial charge in [0.25, 0.3) is 0 Å². The van der Waals surface area contributed by atoms with Gasteiger partial charge >= 0.3 is 11.6 Å². The zero-order valence-electron chi connectivity index (χ0n) is 17.4. The highest BCUT2D eigenvalue weighted by atomic mass is 16.5. The van der Waals surface area contributed by atoms with E-state index in [0.29, 0.717) is 23.3 Å². The quantitative estimate of drug-likeness (QED) is 0.155. The number of carbonyl (C=O) groups excluding carboxylic acids is 1. The maximum Gasteiger partial charge on any atom is 0.338 e. The monoisotopic (exact) mass is 416 g/mol. The number of ether oxygens (including phenoxy) is 2. The number of carbonyl (C=O) groups is 1. The molecule has 1 heterocycles. The van der Waals surface area contributed by atoms with Gasteiger partial charge in [0.05, 0.1) is 12.2 Å². The van der Waals surface area contributed by atoms with Gasteiger partial charge in [-0.3, -0.25) is 0 Å². The second-order valence-corrected chi connectivity index (χ2v) is 7.41. The van der Waals surface area contributed by atoms with E-state index in [-0.39, 0.29) is 6.61 Å². The Morgan fingerprint density at radius 2 is 1.77 bits per heavy atom. The number of esters is 1. The van der Waals surface area contributed by atoms with Crippen molar-refractivity contribution in [2.45, 2.75) is 32.8 Å². The molecule has 0 unspecified atom stereocenters. The van der Waals surface area contributed by atoms with Crippen molar-refractivity contribution < 1.29 is 18.7 Å². The molecule has 0 bridgehead atoms. The Kier molecular flexibility index (Phi) is 6.32. The molecule has 0 fully saturated rings. The number of hydrogen-bond acceptors (Lipinski definition) is 5. The molecule has 4 rings (SSSR count). The molecule has 0 spiro atoms. The molecule has 5 nitrogen and oxygen atoms in total. The molecule has 0 saturated carbocycles. The Hall–Kier alpha value is -3.60. The zero-order valence-corrected chi connectivity index (χ0v) is 17.4. The summed E-state index contributed by atoms with van der Waals surface area (Å²) >= 11 is 0. The molecule has 4 aromatic rings. The molecule has 0 aliphatic rings. The summed E-state index contributed by atoms with van der Waals surface area (Å²) in [7, 11) is 0. The van der Waals surface area contributed by atoms with E-state index in [2.05, 4.69) is 6.92 Å². The molecular weight excluding hydrogens is 392 g/mol. The van der Waals surface area contributed by atoms with E-state index in [1.54, 1.807) is 30.3 Å². The van der Waals surface area contributed by atoms with Crippen LogP contribution in [0.4, 0.5) is 0 Å². The number of rotatable bonds is 8. The molecule has 31 heavy (non-hydrogen) atoms. The average molecular weight is 416 g/mol. The average Bonchev–Trinajstić information content (AvgIpc) is 2.80. The van der Waals surface area contributed by atoms with Crippen molar-refractivity contribution in [2.24, 2.45) is 0 Å². The van der Waals surface area contributed by atoms with Crippen LogP contribution in [0.15, 0.2) is 75.9 Å². The first-order valence-electron chi connectivity index (χ1n) is 10.5. The molecule has 0 saturated heterocycles. The number of hydrogen-bond donors (Lipinski definition) is 0. The summed E-state index contributed by atoms with van der Waals surface area (Å²) < 4.78 is 16.5. The molecule has 0 atom stereocenters. The third kappa shape index (κ3) is 4.77. The Bertz CT molecular complexity index is 1250. The highest BCUT2D eigenvalue weighted by molar-refractivity contribution is 6.07. The van der Waals surface area contributed by atoms with Gasteiger partial charge in [-0.2, -0.15) is 0 Å². The first-order valence-corrected chi connectivity index (χ1v) is 10.5. The molecule has 0 aliphatic carbocycles. The van der Waals surface area contributed by atoms with E-state index >= 15 is 0 Å². The Labute approximate surface area is 180 Å². The van der Waals surface area contributed by atoms with E-state index < -0.39 is 11.6 Å². The Morgan fingerprint density at radius 3 is 2.58 bits per heavy atom.